The van der Waals surface area contributed by atoms with E-state index in [2.05, 4.69) is 10.1 Å². The number of amides is 2. The van der Waals surface area contributed by atoms with E-state index in [4.69, 9.17) is 17.3 Å². The summed E-state index contributed by atoms with van der Waals surface area (Å²) < 4.78 is 28.9. The maximum absolute atomic E-state index is 12.3. The summed E-state index contributed by atoms with van der Waals surface area (Å²) in [5.41, 5.74) is 4.98. The van der Waals surface area contributed by atoms with E-state index >= 15 is 0 Å². The van der Waals surface area contributed by atoms with Crippen LogP contribution in [0, 0.1) is 5.92 Å². The second-order valence-corrected chi connectivity index (χ2v) is 5.05. The second-order valence-electron chi connectivity index (χ2n) is 4.62. The third-order valence-electron chi connectivity index (χ3n) is 2.66. The van der Waals surface area contributed by atoms with Crippen molar-refractivity contribution >= 4 is 23.4 Å². The van der Waals surface area contributed by atoms with Gasteiger partial charge in [-0.1, -0.05) is 25.4 Å². The van der Waals surface area contributed by atoms with E-state index in [9.17, 15) is 18.4 Å². The van der Waals surface area contributed by atoms with Crippen LogP contribution in [0.5, 0.6) is 5.75 Å². The van der Waals surface area contributed by atoms with Crippen LogP contribution in [0.4, 0.5) is 8.78 Å². The SMILES string of the molecule is CC(C)C(NC(=O)c1cc(Cl)ccc1OC(F)F)C(N)=O. The van der Waals surface area contributed by atoms with Gasteiger partial charge in [0.1, 0.15) is 11.8 Å². The topological polar surface area (TPSA) is 81.4 Å². The average molecular weight is 321 g/mol. The van der Waals surface area contributed by atoms with Crippen LogP contribution in [0.2, 0.25) is 5.02 Å². The molecule has 0 aliphatic heterocycles. The monoisotopic (exact) mass is 320 g/mol. The standard InChI is InChI=1S/C13H15ClF2N2O3/c1-6(2)10(11(17)19)18-12(20)8-5-7(14)3-4-9(8)21-13(15)16/h3-6,10,13H,1-2H3,(H2,17,19)(H,18,20). The number of hydrogen-bond donors (Lipinski definition) is 2. The number of benzene rings is 1. The number of rotatable bonds is 6. The smallest absolute Gasteiger partial charge is 0.387 e. The molecule has 1 unspecified atom stereocenters. The molecule has 0 saturated heterocycles. The number of nitrogens with two attached hydrogens (primary N) is 1. The Morgan fingerprint density at radius 3 is 2.43 bits per heavy atom. The van der Waals surface area contributed by atoms with Gasteiger partial charge in [0.25, 0.3) is 5.91 Å². The number of primary amides is 1. The fourth-order valence-corrected chi connectivity index (χ4v) is 1.84. The molecule has 0 aliphatic carbocycles. The minimum atomic E-state index is -3.09. The molecule has 0 bridgehead atoms. The van der Waals surface area contributed by atoms with Gasteiger partial charge in [0.05, 0.1) is 5.56 Å². The molecule has 1 rings (SSSR count). The molecular weight excluding hydrogens is 306 g/mol. The van der Waals surface area contributed by atoms with Gasteiger partial charge >= 0.3 is 6.61 Å². The normalized spacial score (nSPS) is 12.3. The first-order valence-corrected chi connectivity index (χ1v) is 6.44. The van der Waals surface area contributed by atoms with Crippen LogP contribution in [0.1, 0.15) is 24.2 Å². The van der Waals surface area contributed by atoms with Gasteiger partial charge in [0, 0.05) is 5.02 Å². The maximum atomic E-state index is 12.3. The number of nitrogens with one attached hydrogen (secondary N) is 1. The number of carbonyl (C=O) groups excluding carboxylic acids is 2. The van der Waals surface area contributed by atoms with E-state index in [1.807, 2.05) is 0 Å². The van der Waals surface area contributed by atoms with Crippen molar-refractivity contribution in [2.45, 2.75) is 26.5 Å². The molecule has 1 aromatic carbocycles. The van der Waals surface area contributed by atoms with E-state index < -0.39 is 24.5 Å². The summed E-state index contributed by atoms with van der Waals surface area (Å²) in [4.78, 5) is 23.4. The van der Waals surface area contributed by atoms with Gasteiger partial charge in [-0.15, -0.1) is 0 Å². The lowest BCUT2D eigenvalue weighted by Crippen LogP contribution is -2.47. The van der Waals surface area contributed by atoms with E-state index in [1.54, 1.807) is 13.8 Å². The zero-order valence-corrected chi connectivity index (χ0v) is 12.2. The molecular formula is C13H15ClF2N2O3. The number of ether oxygens (including phenoxy) is 1. The minimum absolute atomic E-state index is 0.168. The summed E-state index contributed by atoms with van der Waals surface area (Å²) in [5, 5.41) is 2.54. The summed E-state index contributed by atoms with van der Waals surface area (Å²) in [7, 11) is 0. The summed E-state index contributed by atoms with van der Waals surface area (Å²) in [6, 6.07) is 2.70. The molecule has 0 radical (unpaired) electrons. The highest BCUT2D eigenvalue weighted by Gasteiger charge is 2.24. The predicted molar refractivity (Wildman–Crippen MR) is 73.4 cm³/mol. The van der Waals surface area contributed by atoms with Crippen molar-refractivity contribution in [3.8, 4) is 5.75 Å². The van der Waals surface area contributed by atoms with Crippen LogP contribution >= 0.6 is 11.6 Å². The molecule has 0 aliphatic rings. The maximum Gasteiger partial charge on any atom is 0.387 e. The molecule has 2 amide bonds. The Labute approximate surface area is 125 Å². The predicted octanol–water partition coefficient (Wildman–Crippen LogP) is 2.18. The van der Waals surface area contributed by atoms with Crippen LogP contribution in [0.15, 0.2) is 18.2 Å². The lowest BCUT2D eigenvalue weighted by Gasteiger charge is -2.20. The van der Waals surface area contributed by atoms with E-state index in [0.717, 1.165) is 6.07 Å². The summed E-state index contributed by atoms with van der Waals surface area (Å²) in [6.07, 6.45) is 0. The Morgan fingerprint density at radius 1 is 1.33 bits per heavy atom. The van der Waals surface area contributed by atoms with Crippen molar-refractivity contribution in [2.75, 3.05) is 0 Å². The van der Waals surface area contributed by atoms with Crippen LogP contribution in [0.3, 0.4) is 0 Å². The van der Waals surface area contributed by atoms with Crippen molar-refractivity contribution in [3.63, 3.8) is 0 Å². The zero-order chi connectivity index (χ0) is 16.2. The molecule has 0 fully saturated rings. The van der Waals surface area contributed by atoms with E-state index in [-0.39, 0.29) is 22.3 Å². The molecule has 3 N–H and O–H groups in total. The van der Waals surface area contributed by atoms with Crippen molar-refractivity contribution < 1.29 is 23.1 Å². The third-order valence-corrected chi connectivity index (χ3v) is 2.90. The highest BCUT2D eigenvalue weighted by Crippen LogP contribution is 2.24. The first-order valence-electron chi connectivity index (χ1n) is 6.07. The van der Waals surface area contributed by atoms with Crippen LogP contribution in [-0.2, 0) is 4.79 Å². The van der Waals surface area contributed by atoms with Crippen molar-refractivity contribution in [1.29, 1.82) is 0 Å². The van der Waals surface area contributed by atoms with Gasteiger partial charge < -0.3 is 15.8 Å². The fourth-order valence-electron chi connectivity index (χ4n) is 1.66. The van der Waals surface area contributed by atoms with Gasteiger partial charge in [-0.2, -0.15) is 8.78 Å². The molecule has 21 heavy (non-hydrogen) atoms. The Kier molecular flexibility index (Phi) is 5.90. The minimum Gasteiger partial charge on any atom is -0.434 e. The molecule has 1 atom stereocenters. The lowest BCUT2D eigenvalue weighted by molar-refractivity contribution is -0.120. The van der Waals surface area contributed by atoms with Crippen molar-refractivity contribution in [2.24, 2.45) is 11.7 Å². The molecule has 5 nitrogen and oxygen atoms in total. The Bertz CT molecular complexity index is 538. The Hall–Kier alpha value is -1.89. The highest BCUT2D eigenvalue weighted by molar-refractivity contribution is 6.31. The van der Waals surface area contributed by atoms with Crippen LogP contribution in [0.25, 0.3) is 0 Å². The molecule has 0 aromatic heterocycles. The van der Waals surface area contributed by atoms with Crippen LogP contribution < -0.4 is 15.8 Å². The number of carbonyl (C=O) groups is 2. The fraction of sp³-hybridized carbons (Fsp3) is 0.385. The lowest BCUT2D eigenvalue weighted by atomic mass is 10.0. The number of halogens is 3. The molecule has 0 spiro atoms. The van der Waals surface area contributed by atoms with Crippen LogP contribution in [-0.4, -0.2) is 24.5 Å². The first-order chi connectivity index (χ1) is 9.72. The molecule has 0 saturated carbocycles. The van der Waals surface area contributed by atoms with Gasteiger partial charge in [0.2, 0.25) is 5.91 Å². The zero-order valence-electron chi connectivity index (χ0n) is 11.4. The summed E-state index contributed by atoms with van der Waals surface area (Å²) >= 11 is 5.74. The largest absolute Gasteiger partial charge is 0.434 e. The average Bonchev–Trinajstić information content (AvgIpc) is 2.36. The molecule has 8 heteroatoms. The summed E-state index contributed by atoms with van der Waals surface area (Å²) in [5.74, 6) is -2.09. The van der Waals surface area contributed by atoms with Gasteiger partial charge in [-0.05, 0) is 24.1 Å². The molecule has 0 heterocycles. The summed E-state index contributed by atoms with van der Waals surface area (Å²) in [6.45, 7) is 0.281. The Balaban J connectivity index is 3.05. The van der Waals surface area contributed by atoms with Crippen molar-refractivity contribution in [1.82, 2.24) is 5.32 Å². The first kappa shape index (κ1) is 17.2. The van der Waals surface area contributed by atoms with E-state index in [0.29, 0.717) is 0 Å². The molecule has 1 aromatic rings. The van der Waals surface area contributed by atoms with E-state index in [1.165, 1.54) is 12.1 Å². The number of hydrogen-bond acceptors (Lipinski definition) is 3. The Morgan fingerprint density at radius 2 is 1.95 bits per heavy atom. The number of alkyl halides is 2. The second kappa shape index (κ2) is 7.21. The van der Waals surface area contributed by atoms with Gasteiger partial charge in [-0.25, -0.2) is 0 Å². The quantitative estimate of drug-likeness (QED) is 0.843. The van der Waals surface area contributed by atoms with Crippen molar-refractivity contribution in [3.05, 3.63) is 28.8 Å². The third kappa shape index (κ3) is 4.86. The molecule has 116 valence electrons. The van der Waals surface area contributed by atoms with Gasteiger partial charge in [-0.3, -0.25) is 9.59 Å². The highest BCUT2D eigenvalue weighted by atomic mass is 35.5. The van der Waals surface area contributed by atoms with Gasteiger partial charge in [0.15, 0.2) is 0 Å².